The van der Waals surface area contributed by atoms with Crippen LogP contribution in [-0.4, -0.2) is 25.2 Å². The molecular formula is C18H15CoMoO9. The Morgan fingerprint density at radius 3 is 0.966 bits per heavy atom. The van der Waals surface area contributed by atoms with Gasteiger partial charge < -0.3 is 9.47 Å². The van der Waals surface area contributed by atoms with Crippen molar-refractivity contribution >= 4 is 11.9 Å². The van der Waals surface area contributed by atoms with Crippen LogP contribution in [0.15, 0.2) is 0 Å². The molecular weight excluding hydrogens is 515 g/mol. The van der Waals surface area contributed by atoms with Gasteiger partial charge in [0.05, 0.1) is 13.2 Å². The monoisotopic (exact) mass is 532 g/mol. The van der Waals surface area contributed by atoms with Crippen LogP contribution in [0.25, 0.3) is 0 Å². The molecule has 1 saturated carbocycles. The fourth-order valence-electron chi connectivity index (χ4n) is 0.757. The second-order valence-electron chi connectivity index (χ2n) is 2.65. The van der Waals surface area contributed by atoms with Crippen LogP contribution in [-0.2, 0) is 80.2 Å². The molecule has 0 bridgehead atoms. The third-order valence-corrected chi connectivity index (χ3v) is 1.37. The van der Waals surface area contributed by atoms with Gasteiger partial charge in [-0.3, -0.25) is 0 Å². The van der Waals surface area contributed by atoms with E-state index in [1.54, 1.807) is 13.8 Å². The van der Waals surface area contributed by atoms with E-state index in [4.69, 9.17) is 23.3 Å². The molecule has 0 amide bonds. The molecule has 156 valence electrons. The molecule has 1 fully saturated rings. The fraction of sp³-hybridized carbons (Fsp3) is 0.222. The first kappa shape index (κ1) is 50.7. The normalized spacial score (nSPS) is 7.72. The summed E-state index contributed by atoms with van der Waals surface area (Å²) in [5.74, 6) is 2.53. The van der Waals surface area contributed by atoms with Gasteiger partial charge in [-0.2, -0.15) is 0 Å². The van der Waals surface area contributed by atoms with Gasteiger partial charge in [-0.25, -0.2) is 9.59 Å². The molecule has 29 heavy (non-hydrogen) atoms. The minimum absolute atomic E-state index is 0. The van der Waals surface area contributed by atoms with Crippen LogP contribution in [0.1, 0.15) is 13.8 Å². The van der Waals surface area contributed by atoms with E-state index in [0.29, 0.717) is 0 Å². The van der Waals surface area contributed by atoms with Crippen molar-refractivity contribution in [1.29, 1.82) is 0 Å². The van der Waals surface area contributed by atoms with Crippen molar-refractivity contribution in [2.75, 3.05) is 13.2 Å². The number of ether oxygens (including phenoxy) is 2. The van der Waals surface area contributed by atoms with E-state index >= 15 is 0 Å². The summed E-state index contributed by atoms with van der Waals surface area (Å²) < 4.78 is 46.4. The van der Waals surface area contributed by atoms with Crippen molar-refractivity contribution in [2.45, 2.75) is 13.8 Å². The summed E-state index contributed by atoms with van der Waals surface area (Å²) in [5.41, 5.74) is 0. The minimum atomic E-state index is -0.717. The molecule has 11 heteroatoms. The molecule has 0 heterocycles. The first-order valence-corrected chi connectivity index (χ1v) is 6.25. The predicted octanol–water partition coefficient (Wildman–Crippen LogP) is 0.945. The summed E-state index contributed by atoms with van der Waals surface area (Å²) in [5, 5.41) is 0. The molecule has 9 nitrogen and oxygen atoms in total. The molecule has 0 atom stereocenters. The van der Waals surface area contributed by atoms with Gasteiger partial charge in [0, 0.05) is 49.7 Å². The molecule has 1 aliphatic rings. The second kappa shape index (κ2) is 71.8. The summed E-state index contributed by atoms with van der Waals surface area (Å²) in [7, 11) is 0. The molecule has 0 unspecified atom stereocenters. The van der Waals surface area contributed by atoms with Crippen LogP contribution >= 0.6 is 0 Å². The Morgan fingerprint density at radius 2 is 0.828 bits per heavy atom. The number of rotatable bonds is 2. The summed E-state index contributed by atoms with van der Waals surface area (Å²) in [4.78, 5) is 21.1. The van der Waals surface area contributed by atoms with E-state index in [1.807, 2.05) is 43.9 Å². The molecule has 0 spiro atoms. The van der Waals surface area contributed by atoms with Crippen molar-refractivity contribution in [2.24, 2.45) is 0 Å². The van der Waals surface area contributed by atoms with Crippen LogP contribution in [0.2, 0.25) is 0 Å². The Hall–Kier alpha value is -1.61. The zero-order valence-electron chi connectivity index (χ0n) is 15.2. The Morgan fingerprint density at radius 1 is 0.655 bits per heavy atom. The van der Waals surface area contributed by atoms with Gasteiger partial charge in [0.15, 0.2) is 0 Å². The maximum absolute atomic E-state index is 10.5. The Kier molecular flexibility index (Phi) is 126. The zero-order chi connectivity index (χ0) is 22.9. The van der Waals surface area contributed by atoms with E-state index in [2.05, 4.69) is 42.7 Å². The molecule has 0 aromatic heterocycles. The summed E-state index contributed by atoms with van der Waals surface area (Å²) in [6, 6.07) is 0. The summed E-state index contributed by atoms with van der Waals surface area (Å²) in [6.07, 6.45) is 10.0. The third kappa shape index (κ3) is 75.8. The Labute approximate surface area is 196 Å². The van der Waals surface area contributed by atoms with E-state index < -0.39 is 11.9 Å². The van der Waals surface area contributed by atoms with Gasteiger partial charge in [0.25, 0.3) is 0 Å². The van der Waals surface area contributed by atoms with E-state index in [-0.39, 0.29) is 51.1 Å². The number of carbonyl (C=O) groups is 2. The molecule has 0 saturated heterocycles. The number of carbonyl (C=O) groups excluding carboxylic acids is 2. The van der Waals surface area contributed by atoms with E-state index in [0.717, 1.165) is 0 Å². The van der Waals surface area contributed by atoms with Crippen LogP contribution in [0.4, 0.5) is 0 Å². The van der Waals surface area contributed by atoms with E-state index in [1.165, 1.54) is 0 Å². The Bertz CT molecular complexity index is 417. The standard InChI is InChI=1S/C8H10O4.C5H5.5CO.Co.Mo/c1-3-11-7(9)5-6-8(10)12-4-2;1-2-4-5-3-1;5*1-2;;/h3-4H2,1-2H3;1-5H;;;;;;;. The van der Waals surface area contributed by atoms with Crippen LogP contribution in [0, 0.1) is 77.2 Å². The van der Waals surface area contributed by atoms with Gasteiger partial charge in [0.2, 0.25) is 0 Å². The average Bonchev–Trinajstić information content (AvgIpc) is 3.35. The van der Waals surface area contributed by atoms with Gasteiger partial charge >= 0.3 is 68.5 Å². The van der Waals surface area contributed by atoms with Crippen molar-refractivity contribution in [3.8, 4) is 11.8 Å². The molecule has 0 N–H and O–H groups in total. The van der Waals surface area contributed by atoms with Crippen LogP contribution in [0.5, 0.6) is 0 Å². The predicted molar refractivity (Wildman–Crippen MR) is 82.2 cm³/mol. The van der Waals surface area contributed by atoms with Crippen molar-refractivity contribution in [1.82, 2.24) is 0 Å². The molecule has 0 aromatic carbocycles. The maximum atomic E-state index is 10.5. The molecule has 1 aliphatic carbocycles. The second-order valence-corrected chi connectivity index (χ2v) is 2.65. The third-order valence-electron chi connectivity index (χ3n) is 1.37. The molecule has 6 radical (unpaired) electrons. The van der Waals surface area contributed by atoms with Gasteiger partial charge in [-0.05, 0) is 46.0 Å². The quantitative estimate of drug-likeness (QED) is 0.130. The summed E-state index contributed by atoms with van der Waals surface area (Å²) in [6.45, 7) is 26.3. The van der Waals surface area contributed by atoms with Crippen molar-refractivity contribution in [3.63, 3.8) is 0 Å². The first-order valence-electron chi connectivity index (χ1n) is 6.25. The maximum Gasteiger partial charge on any atom is 0 e. The smallest absolute Gasteiger partial charge is 0 e. The first-order chi connectivity index (χ1) is 13.2. The van der Waals surface area contributed by atoms with Crippen LogP contribution < -0.4 is 0 Å². The topological polar surface area (TPSA) is 152 Å². The van der Waals surface area contributed by atoms with Gasteiger partial charge in [0.1, 0.15) is 0 Å². The zero-order valence-corrected chi connectivity index (χ0v) is 18.3. The molecule has 1 rings (SSSR count). The fourth-order valence-corrected chi connectivity index (χ4v) is 0.757. The number of hydrogen-bond acceptors (Lipinski definition) is 4. The van der Waals surface area contributed by atoms with Crippen molar-refractivity contribution < 1.29 is 80.2 Å². The minimum Gasteiger partial charge on any atom is -0.0312 e. The van der Waals surface area contributed by atoms with Gasteiger partial charge in [-0.15, -0.1) is 0 Å². The molecule has 0 aromatic rings. The van der Waals surface area contributed by atoms with Crippen LogP contribution in [0.3, 0.4) is 0 Å². The SMILES string of the molecule is CCOC(=O)C#CC(=O)OCC.[C-]#[O+].[C-]#[O+].[C-]#[O+].[C-]#[O+].[C-]#[O+].[CH]1[CH][CH][CH][CH]1.[Co].[Mo]. The summed E-state index contributed by atoms with van der Waals surface area (Å²) >= 11 is 0. The van der Waals surface area contributed by atoms with E-state index in [9.17, 15) is 9.59 Å². The molecule has 0 aliphatic heterocycles. The largest absolute Gasteiger partial charge is 0.0312 e. The number of hydrogen-bond donors (Lipinski definition) is 0. The van der Waals surface area contributed by atoms with Gasteiger partial charge in [-0.1, -0.05) is 0 Å². The van der Waals surface area contributed by atoms with Crippen molar-refractivity contribution in [3.05, 3.63) is 65.4 Å². The Balaban J connectivity index is -0.0000000364. The average molecular weight is 530 g/mol. The number of esters is 2.